The van der Waals surface area contributed by atoms with Gasteiger partial charge in [0.05, 0.1) is 13.0 Å². The first-order chi connectivity index (χ1) is 9.61. The molecule has 0 atom stereocenters. The Morgan fingerprint density at radius 3 is 2.55 bits per heavy atom. The molecule has 1 N–H and O–H groups in total. The molecular formula is C16H19NO3. The van der Waals surface area contributed by atoms with Gasteiger partial charge >= 0.3 is 5.97 Å². The predicted molar refractivity (Wildman–Crippen MR) is 77.0 cm³/mol. The van der Waals surface area contributed by atoms with Crippen LogP contribution in [0.1, 0.15) is 31.4 Å². The maximum Gasteiger partial charge on any atom is 0.310 e. The highest BCUT2D eigenvalue weighted by Crippen LogP contribution is 2.05. The molecular weight excluding hydrogens is 254 g/mol. The lowest BCUT2D eigenvalue weighted by molar-refractivity contribution is -0.142. The van der Waals surface area contributed by atoms with Crippen LogP contribution in [0.3, 0.4) is 0 Å². The van der Waals surface area contributed by atoms with Crippen molar-refractivity contribution in [3.8, 4) is 11.8 Å². The van der Waals surface area contributed by atoms with Crippen molar-refractivity contribution in [1.82, 2.24) is 5.32 Å². The van der Waals surface area contributed by atoms with E-state index in [1.54, 1.807) is 6.92 Å². The van der Waals surface area contributed by atoms with E-state index in [4.69, 9.17) is 4.74 Å². The van der Waals surface area contributed by atoms with Gasteiger partial charge in [-0.15, -0.1) is 0 Å². The normalized spacial score (nSPS) is 9.30. The van der Waals surface area contributed by atoms with Crippen LogP contribution in [0.4, 0.5) is 0 Å². The highest BCUT2D eigenvalue weighted by molar-refractivity contribution is 5.73. The largest absolute Gasteiger partial charge is 0.466 e. The van der Waals surface area contributed by atoms with Crippen molar-refractivity contribution in [2.24, 2.45) is 0 Å². The fraction of sp³-hybridized carbons (Fsp3) is 0.375. The zero-order chi connectivity index (χ0) is 14.8. The Morgan fingerprint density at radius 2 is 1.95 bits per heavy atom. The van der Waals surface area contributed by atoms with Crippen LogP contribution in [0.15, 0.2) is 24.3 Å². The summed E-state index contributed by atoms with van der Waals surface area (Å²) < 4.78 is 4.89. The quantitative estimate of drug-likeness (QED) is 0.504. The van der Waals surface area contributed by atoms with E-state index < -0.39 is 0 Å². The minimum atomic E-state index is -0.221. The summed E-state index contributed by atoms with van der Waals surface area (Å²) in [6.07, 6.45) is 0.897. The van der Waals surface area contributed by atoms with Crippen LogP contribution in [0, 0.1) is 11.8 Å². The van der Waals surface area contributed by atoms with E-state index in [1.807, 2.05) is 24.3 Å². The highest BCUT2D eigenvalue weighted by Gasteiger charge is 2.02. The van der Waals surface area contributed by atoms with Gasteiger partial charge in [0, 0.05) is 25.5 Å². The summed E-state index contributed by atoms with van der Waals surface area (Å²) in [6.45, 7) is 4.23. The molecule has 0 aliphatic carbocycles. The molecule has 1 aromatic rings. The number of esters is 1. The minimum Gasteiger partial charge on any atom is -0.466 e. The molecule has 20 heavy (non-hydrogen) atoms. The van der Waals surface area contributed by atoms with Crippen molar-refractivity contribution in [3.05, 3.63) is 35.4 Å². The fourth-order valence-electron chi connectivity index (χ4n) is 1.55. The predicted octanol–water partition coefficient (Wildman–Crippen LogP) is 1.67. The summed E-state index contributed by atoms with van der Waals surface area (Å²) in [5, 5.41) is 2.68. The third-order valence-corrected chi connectivity index (χ3v) is 2.46. The van der Waals surface area contributed by atoms with Gasteiger partial charge in [-0.2, -0.15) is 0 Å². The Hall–Kier alpha value is -2.28. The maximum atomic E-state index is 11.3. The summed E-state index contributed by atoms with van der Waals surface area (Å²) in [5.74, 6) is 5.72. The zero-order valence-electron chi connectivity index (χ0n) is 11.9. The Balaban J connectivity index is 2.44. The van der Waals surface area contributed by atoms with Gasteiger partial charge in [0.15, 0.2) is 0 Å². The number of carbonyl (C=O) groups excluding carboxylic acids is 2. The third-order valence-electron chi connectivity index (χ3n) is 2.46. The third kappa shape index (κ3) is 6.60. The lowest BCUT2D eigenvalue weighted by Gasteiger charge is -2.01. The first-order valence-corrected chi connectivity index (χ1v) is 6.59. The topological polar surface area (TPSA) is 55.4 Å². The number of hydrogen-bond donors (Lipinski definition) is 1. The Kier molecular flexibility index (Phi) is 6.91. The molecule has 0 bridgehead atoms. The van der Waals surface area contributed by atoms with Crippen LogP contribution in [0.5, 0.6) is 0 Å². The number of rotatable bonds is 5. The molecule has 0 aromatic heterocycles. The van der Waals surface area contributed by atoms with Crippen LogP contribution in [0.2, 0.25) is 0 Å². The van der Waals surface area contributed by atoms with Crippen LogP contribution >= 0.6 is 0 Å². The number of amides is 1. The second-order valence-electron chi connectivity index (χ2n) is 4.21. The number of carbonyl (C=O) groups is 2. The number of ether oxygens (including phenoxy) is 1. The smallest absolute Gasteiger partial charge is 0.310 e. The van der Waals surface area contributed by atoms with Crippen molar-refractivity contribution in [2.75, 3.05) is 13.2 Å². The number of benzene rings is 1. The SMILES string of the molecule is CCOC(=O)Cc1ccc(C#CCCNC(C)=O)cc1. The second-order valence-corrected chi connectivity index (χ2v) is 4.21. The number of hydrogen-bond acceptors (Lipinski definition) is 3. The molecule has 1 rings (SSSR count). The van der Waals surface area contributed by atoms with Gasteiger partial charge in [0.25, 0.3) is 0 Å². The summed E-state index contributed by atoms with van der Waals surface area (Å²) in [4.78, 5) is 22.0. The molecule has 0 saturated heterocycles. The lowest BCUT2D eigenvalue weighted by Crippen LogP contribution is -2.20. The highest BCUT2D eigenvalue weighted by atomic mass is 16.5. The fourth-order valence-corrected chi connectivity index (χ4v) is 1.55. The van der Waals surface area contributed by atoms with Gasteiger partial charge < -0.3 is 10.1 Å². The van der Waals surface area contributed by atoms with Crippen molar-refractivity contribution in [1.29, 1.82) is 0 Å². The average molecular weight is 273 g/mol. The summed E-state index contributed by atoms with van der Waals surface area (Å²) in [5.41, 5.74) is 1.80. The van der Waals surface area contributed by atoms with Crippen molar-refractivity contribution in [3.63, 3.8) is 0 Å². The van der Waals surface area contributed by atoms with Crippen LogP contribution in [-0.2, 0) is 20.7 Å². The monoisotopic (exact) mass is 273 g/mol. The molecule has 0 unspecified atom stereocenters. The first-order valence-electron chi connectivity index (χ1n) is 6.59. The van der Waals surface area contributed by atoms with E-state index in [9.17, 15) is 9.59 Å². The van der Waals surface area contributed by atoms with Crippen LogP contribution in [-0.4, -0.2) is 25.0 Å². The van der Waals surface area contributed by atoms with E-state index in [1.165, 1.54) is 6.92 Å². The van der Waals surface area contributed by atoms with Gasteiger partial charge in [0.2, 0.25) is 5.91 Å². The van der Waals surface area contributed by atoms with E-state index in [2.05, 4.69) is 17.2 Å². The molecule has 0 aliphatic rings. The van der Waals surface area contributed by atoms with Crippen LogP contribution in [0.25, 0.3) is 0 Å². The van der Waals surface area contributed by atoms with E-state index in [-0.39, 0.29) is 18.3 Å². The summed E-state index contributed by atoms with van der Waals surface area (Å²) >= 11 is 0. The Labute approximate surface area is 119 Å². The molecule has 4 nitrogen and oxygen atoms in total. The lowest BCUT2D eigenvalue weighted by atomic mass is 10.1. The second kappa shape index (κ2) is 8.76. The first kappa shape index (κ1) is 15.8. The molecule has 0 fully saturated rings. The van der Waals surface area contributed by atoms with E-state index in [0.29, 0.717) is 19.6 Å². The molecule has 0 heterocycles. The molecule has 0 aliphatic heterocycles. The number of nitrogens with one attached hydrogen (secondary N) is 1. The zero-order valence-corrected chi connectivity index (χ0v) is 11.9. The maximum absolute atomic E-state index is 11.3. The molecule has 0 radical (unpaired) electrons. The molecule has 0 saturated carbocycles. The van der Waals surface area contributed by atoms with Gasteiger partial charge in [-0.1, -0.05) is 24.0 Å². The molecule has 106 valence electrons. The van der Waals surface area contributed by atoms with Crippen LogP contribution < -0.4 is 5.32 Å². The molecule has 1 aromatic carbocycles. The van der Waals surface area contributed by atoms with Crippen molar-refractivity contribution >= 4 is 11.9 Å². The standard InChI is InChI=1S/C16H19NO3/c1-3-20-16(19)12-15-9-7-14(8-10-15)6-4-5-11-17-13(2)18/h7-10H,3,5,11-12H2,1-2H3,(H,17,18). The summed E-state index contributed by atoms with van der Waals surface area (Å²) in [6, 6.07) is 7.49. The van der Waals surface area contributed by atoms with Gasteiger partial charge in [-0.05, 0) is 24.6 Å². The average Bonchev–Trinajstić information content (AvgIpc) is 2.40. The van der Waals surface area contributed by atoms with Gasteiger partial charge in [0.1, 0.15) is 0 Å². The molecule has 4 heteroatoms. The minimum absolute atomic E-state index is 0.0462. The summed E-state index contributed by atoms with van der Waals surface area (Å²) in [7, 11) is 0. The van der Waals surface area contributed by atoms with Gasteiger partial charge in [-0.3, -0.25) is 9.59 Å². The Bertz CT molecular complexity index is 509. The Morgan fingerprint density at radius 1 is 1.25 bits per heavy atom. The van der Waals surface area contributed by atoms with Gasteiger partial charge in [-0.25, -0.2) is 0 Å². The van der Waals surface area contributed by atoms with Crippen molar-refractivity contribution in [2.45, 2.75) is 26.7 Å². The van der Waals surface area contributed by atoms with Crippen molar-refractivity contribution < 1.29 is 14.3 Å². The molecule has 0 spiro atoms. The van der Waals surface area contributed by atoms with E-state index >= 15 is 0 Å². The molecule has 1 amide bonds. The van der Waals surface area contributed by atoms with E-state index in [0.717, 1.165) is 11.1 Å².